The van der Waals surface area contributed by atoms with Gasteiger partial charge in [-0.3, -0.25) is 9.89 Å². The first-order valence-electron chi connectivity index (χ1n) is 9.95. The molecule has 0 aromatic heterocycles. The standard InChI is InChI=1S/C21H36N4O/c1-6-22-21(24-20-15-25(16(2)3)14-17(20)4)23-12-8-10-18-9-7-11-19(13-18)26-5/h7,9,11,13,16-17,20H,6,8,10,12,14-15H2,1-5H3,(H2,22,23,24). The first-order chi connectivity index (χ1) is 12.5. The Hall–Kier alpha value is -1.75. The third-order valence-electron chi connectivity index (χ3n) is 5.06. The summed E-state index contributed by atoms with van der Waals surface area (Å²) in [6, 6.07) is 9.35. The summed E-state index contributed by atoms with van der Waals surface area (Å²) in [6.45, 7) is 12.9. The van der Waals surface area contributed by atoms with Gasteiger partial charge in [-0.2, -0.15) is 0 Å². The Bertz CT molecular complexity index is 573. The molecule has 0 saturated carbocycles. The van der Waals surface area contributed by atoms with Crippen LogP contribution in [0.5, 0.6) is 5.75 Å². The number of likely N-dealkylation sites (tertiary alicyclic amines) is 1. The normalized spacial score (nSPS) is 21.2. The summed E-state index contributed by atoms with van der Waals surface area (Å²) < 4.78 is 5.29. The summed E-state index contributed by atoms with van der Waals surface area (Å²) in [7, 11) is 1.71. The van der Waals surface area contributed by atoms with Gasteiger partial charge in [0.1, 0.15) is 5.75 Å². The maximum Gasteiger partial charge on any atom is 0.191 e. The predicted octanol–water partition coefficient (Wildman–Crippen LogP) is 2.91. The monoisotopic (exact) mass is 360 g/mol. The van der Waals surface area contributed by atoms with E-state index in [0.717, 1.165) is 50.7 Å². The van der Waals surface area contributed by atoms with E-state index in [-0.39, 0.29) is 0 Å². The molecule has 0 radical (unpaired) electrons. The van der Waals surface area contributed by atoms with Crippen LogP contribution in [0.1, 0.15) is 39.7 Å². The molecule has 1 aliphatic rings. The number of aryl methyl sites for hydroxylation is 1. The molecule has 1 fully saturated rings. The van der Waals surface area contributed by atoms with E-state index in [1.54, 1.807) is 7.11 Å². The van der Waals surface area contributed by atoms with Gasteiger partial charge >= 0.3 is 0 Å². The smallest absolute Gasteiger partial charge is 0.191 e. The molecule has 1 aromatic carbocycles. The fraction of sp³-hybridized carbons (Fsp3) is 0.667. The van der Waals surface area contributed by atoms with E-state index in [1.165, 1.54) is 5.56 Å². The largest absolute Gasteiger partial charge is 0.497 e. The lowest BCUT2D eigenvalue weighted by molar-refractivity contribution is 0.265. The molecule has 1 saturated heterocycles. The fourth-order valence-electron chi connectivity index (χ4n) is 3.41. The average molecular weight is 361 g/mol. The van der Waals surface area contributed by atoms with Crippen molar-refractivity contribution in [1.82, 2.24) is 15.5 Å². The summed E-state index contributed by atoms with van der Waals surface area (Å²) in [4.78, 5) is 7.32. The number of nitrogens with one attached hydrogen (secondary N) is 2. The Morgan fingerprint density at radius 1 is 1.35 bits per heavy atom. The highest BCUT2D eigenvalue weighted by Gasteiger charge is 2.31. The molecule has 5 heteroatoms. The van der Waals surface area contributed by atoms with Crippen LogP contribution < -0.4 is 15.4 Å². The molecule has 2 rings (SSSR count). The van der Waals surface area contributed by atoms with Crippen LogP contribution in [0, 0.1) is 5.92 Å². The number of methoxy groups -OCH3 is 1. The van der Waals surface area contributed by atoms with E-state index in [9.17, 15) is 0 Å². The van der Waals surface area contributed by atoms with E-state index in [2.05, 4.69) is 55.4 Å². The second-order valence-electron chi connectivity index (χ2n) is 7.49. The topological polar surface area (TPSA) is 48.9 Å². The molecule has 2 unspecified atom stereocenters. The van der Waals surface area contributed by atoms with E-state index < -0.39 is 0 Å². The van der Waals surface area contributed by atoms with Crippen LogP contribution in [-0.4, -0.2) is 56.2 Å². The van der Waals surface area contributed by atoms with Crippen LogP contribution in [0.4, 0.5) is 0 Å². The number of rotatable bonds is 8. The molecule has 0 aliphatic carbocycles. The summed E-state index contributed by atoms with van der Waals surface area (Å²) in [5, 5.41) is 7.04. The lowest BCUT2D eigenvalue weighted by Gasteiger charge is -2.22. The Balaban J connectivity index is 1.84. The molecular formula is C21H36N4O. The van der Waals surface area contributed by atoms with Crippen molar-refractivity contribution in [3.05, 3.63) is 29.8 Å². The Kier molecular flexibility index (Phi) is 8.23. The summed E-state index contributed by atoms with van der Waals surface area (Å²) in [5.41, 5.74) is 1.30. The predicted molar refractivity (Wildman–Crippen MR) is 110 cm³/mol. The first kappa shape index (κ1) is 20.6. The second kappa shape index (κ2) is 10.4. The van der Waals surface area contributed by atoms with Gasteiger partial charge in [-0.15, -0.1) is 0 Å². The Morgan fingerprint density at radius 3 is 2.81 bits per heavy atom. The molecule has 26 heavy (non-hydrogen) atoms. The number of hydrogen-bond donors (Lipinski definition) is 2. The maximum atomic E-state index is 5.29. The van der Waals surface area contributed by atoms with Crippen molar-refractivity contribution in [2.45, 2.75) is 52.6 Å². The van der Waals surface area contributed by atoms with Gasteiger partial charge in [-0.05, 0) is 57.2 Å². The second-order valence-corrected chi connectivity index (χ2v) is 7.49. The highest BCUT2D eigenvalue weighted by Crippen LogP contribution is 2.18. The van der Waals surface area contributed by atoms with Crippen molar-refractivity contribution in [2.24, 2.45) is 10.9 Å². The molecule has 146 valence electrons. The molecule has 5 nitrogen and oxygen atoms in total. The molecule has 0 spiro atoms. The minimum atomic E-state index is 0.466. The summed E-state index contributed by atoms with van der Waals surface area (Å²) >= 11 is 0. The van der Waals surface area contributed by atoms with Gasteiger partial charge in [0.2, 0.25) is 0 Å². The van der Waals surface area contributed by atoms with E-state index in [4.69, 9.17) is 9.73 Å². The van der Waals surface area contributed by atoms with Gasteiger partial charge in [0.25, 0.3) is 0 Å². The summed E-state index contributed by atoms with van der Waals surface area (Å²) in [5.74, 6) is 2.50. The lowest BCUT2D eigenvalue weighted by Crippen LogP contribution is -2.46. The van der Waals surface area contributed by atoms with Crippen molar-refractivity contribution in [1.29, 1.82) is 0 Å². The van der Waals surface area contributed by atoms with Crippen LogP contribution in [0.3, 0.4) is 0 Å². The van der Waals surface area contributed by atoms with Crippen molar-refractivity contribution < 1.29 is 4.74 Å². The van der Waals surface area contributed by atoms with E-state index in [1.807, 2.05) is 12.1 Å². The average Bonchev–Trinajstić information content (AvgIpc) is 3.00. The number of benzene rings is 1. The van der Waals surface area contributed by atoms with Crippen LogP contribution in [0.25, 0.3) is 0 Å². The molecule has 2 N–H and O–H groups in total. The number of ether oxygens (including phenoxy) is 1. The number of aliphatic imine (C=N–C) groups is 1. The van der Waals surface area contributed by atoms with Crippen molar-refractivity contribution >= 4 is 5.96 Å². The molecule has 2 atom stereocenters. The lowest BCUT2D eigenvalue weighted by atomic mass is 10.1. The van der Waals surface area contributed by atoms with E-state index in [0.29, 0.717) is 18.0 Å². The molecule has 1 aliphatic heterocycles. The molecule has 0 bridgehead atoms. The SMILES string of the molecule is CCNC(=NCCCc1cccc(OC)c1)NC1CN(C(C)C)CC1C. The third kappa shape index (κ3) is 6.20. The maximum absolute atomic E-state index is 5.29. The van der Waals surface area contributed by atoms with Crippen LogP contribution in [0.2, 0.25) is 0 Å². The van der Waals surface area contributed by atoms with Gasteiger partial charge in [0.05, 0.1) is 7.11 Å². The minimum Gasteiger partial charge on any atom is -0.497 e. The number of hydrogen-bond acceptors (Lipinski definition) is 3. The van der Waals surface area contributed by atoms with Crippen molar-refractivity contribution in [3.63, 3.8) is 0 Å². The third-order valence-corrected chi connectivity index (χ3v) is 5.06. The van der Waals surface area contributed by atoms with Gasteiger partial charge in [-0.1, -0.05) is 19.1 Å². The van der Waals surface area contributed by atoms with Gasteiger partial charge < -0.3 is 15.4 Å². The number of guanidine groups is 1. The zero-order valence-corrected chi connectivity index (χ0v) is 17.1. The minimum absolute atomic E-state index is 0.466. The van der Waals surface area contributed by atoms with Gasteiger partial charge in [-0.25, -0.2) is 0 Å². The van der Waals surface area contributed by atoms with Crippen LogP contribution >= 0.6 is 0 Å². The zero-order chi connectivity index (χ0) is 18.9. The number of nitrogens with zero attached hydrogens (tertiary/aromatic N) is 2. The van der Waals surface area contributed by atoms with E-state index >= 15 is 0 Å². The van der Waals surface area contributed by atoms with Crippen molar-refractivity contribution in [3.8, 4) is 5.75 Å². The molecule has 1 aromatic rings. The first-order valence-corrected chi connectivity index (χ1v) is 9.95. The molecular weight excluding hydrogens is 324 g/mol. The highest BCUT2D eigenvalue weighted by molar-refractivity contribution is 5.80. The quantitative estimate of drug-likeness (QED) is 0.425. The highest BCUT2D eigenvalue weighted by atomic mass is 16.5. The van der Waals surface area contributed by atoms with Crippen LogP contribution in [0.15, 0.2) is 29.3 Å². The van der Waals surface area contributed by atoms with Crippen molar-refractivity contribution in [2.75, 3.05) is 33.3 Å². The Morgan fingerprint density at radius 2 is 2.15 bits per heavy atom. The molecule has 1 heterocycles. The zero-order valence-electron chi connectivity index (χ0n) is 17.1. The summed E-state index contributed by atoms with van der Waals surface area (Å²) in [6.07, 6.45) is 2.04. The molecule has 0 amide bonds. The van der Waals surface area contributed by atoms with Gasteiger partial charge in [0.15, 0.2) is 5.96 Å². The van der Waals surface area contributed by atoms with Gasteiger partial charge in [0, 0.05) is 38.3 Å². The fourth-order valence-corrected chi connectivity index (χ4v) is 3.41. The van der Waals surface area contributed by atoms with Crippen LogP contribution in [-0.2, 0) is 6.42 Å². The Labute approximate surface area is 159 Å².